The van der Waals surface area contributed by atoms with Crippen LogP contribution in [0.5, 0.6) is 0 Å². The normalized spacial score (nSPS) is 11.0. The SMILES string of the molecule is CCC(=O)Nc1ccc2nc(SCC(=O)Nc3nnc(SCc4ccc(F)cc4)s3)sc2c1. The number of anilines is 2. The van der Waals surface area contributed by atoms with E-state index in [9.17, 15) is 14.0 Å². The van der Waals surface area contributed by atoms with Gasteiger partial charge in [-0.25, -0.2) is 9.37 Å². The standard InChI is InChI=1S/C21H18FN5O2S4/c1-2-17(28)23-14-7-8-15-16(9-14)32-20(24-15)31-11-18(29)25-19-26-27-21(33-19)30-10-12-3-5-13(22)6-4-12/h3-9H,2,10-11H2,1H3,(H,23,28)(H,25,26,29). The summed E-state index contributed by atoms with van der Waals surface area (Å²) in [4.78, 5) is 28.4. The van der Waals surface area contributed by atoms with Gasteiger partial charge in [-0.1, -0.05) is 53.9 Å². The van der Waals surface area contributed by atoms with Gasteiger partial charge in [-0.15, -0.1) is 21.5 Å². The van der Waals surface area contributed by atoms with Gasteiger partial charge in [-0.05, 0) is 35.9 Å². The highest BCUT2D eigenvalue weighted by Gasteiger charge is 2.12. The van der Waals surface area contributed by atoms with E-state index in [4.69, 9.17) is 0 Å². The molecular formula is C21H18FN5O2S4. The van der Waals surface area contributed by atoms with Crippen molar-refractivity contribution in [3.05, 3.63) is 53.8 Å². The zero-order valence-electron chi connectivity index (χ0n) is 17.3. The molecule has 0 spiro atoms. The van der Waals surface area contributed by atoms with Crippen molar-refractivity contribution in [2.75, 3.05) is 16.4 Å². The van der Waals surface area contributed by atoms with Crippen LogP contribution in [0.2, 0.25) is 0 Å². The highest BCUT2D eigenvalue weighted by molar-refractivity contribution is 8.01. The average Bonchev–Trinajstić information content (AvgIpc) is 3.43. The Bertz CT molecular complexity index is 1280. The Labute approximate surface area is 205 Å². The number of hydrogen-bond acceptors (Lipinski definition) is 9. The van der Waals surface area contributed by atoms with Crippen molar-refractivity contribution in [1.82, 2.24) is 15.2 Å². The van der Waals surface area contributed by atoms with Crippen molar-refractivity contribution < 1.29 is 14.0 Å². The van der Waals surface area contributed by atoms with E-state index in [1.165, 1.54) is 58.3 Å². The van der Waals surface area contributed by atoms with Crippen molar-refractivity contribution in [3.8, 4) is 0 Å². The molecule has 4 rings (SSSR count). The van der Waals surface area contributed by atoms with Crippen LogP contribution in [0.4, 0.5) is 15.2 Å². The predicted molar refractivity (Wildman–Crippen MR) is 134 cm³/mol. The van der Waals surface area contributed by atoms with Crippen LogP contribution in [-0.4, -0.2) is 32.7 Å². The van der Waals surface area contributed by atoms with Gasteiger partial charge in [0, 0.05) is 17.9 Å². The summed E-state index contributed by atoms with van der Waals surface area (Å²) in [5.41, 5.74) is 2.54. The molecule has 0 unspecified atom stereocenters. The molecular weight excluding hydrogens is 502 g/mol. The molecule has 7 nitrogen and oxygen atoms in total. The van der Waals surface area contributed by atoms with Gasteiger partial charge >= 0.3 is 0 Å². The van der Waals surface area contributed by atoms with Crippen molar-refractivity contribution >= 4 is 79.0 Å². The Morgan fingerprint density at radius 3 is 2.58 bits per heavy atom. The zero-order valence-corrected chi connectivity index (χ0v) is 20.6. The van der Waals surface area contributed by atoms with Crippen LogP contribution in [0.3, 0.4) is 0 Å². The first-order chi connectivity index (χ1) is 16.0. The fraction of sp³-hybridized carbons (Fsp3) is 0.190. The monoisotopic (exact) mass is 519 g/mol. The number of hydrogen-bond donors (Lipinski definition) is 2. The Balaban J connectivity index is 1.27. The lowest BCUT2D eigenvalue weighted by Crippen LogP contribution is -2.13. The molecule has 4 aromatic rings. The van der Waals surface area contributed by atoms with Crippen LogP contribution in [0, 0.1) is 5.82 Å². The Morgan fingerprint density at radius 1 is 0.970 bits per heavy atom. The summed E-state index contributed by atoms with van der Waals surface area (Å²) in [5, 5.41) is 14.1. The number of thiazole rings is 1. The smallest absolute Gasteiger partial charge is 0.236 e. The van der Waals surface area contributed by atoms with Gasteiger partial charge in [0.15, 0.2) is 8.68 Å². The molecule has 0 atom stereocenters. The molecule has 170 valence electrons. The number of nitrogens with one attached hydrogen (secondary N) is 2. The van der Waals surface area contributed by atoms with Gasteiger partial charge in [0.25, 0.3) is 0 Å². The topological polar surface area (TPSA) is 96.9 Å². The highest BCUT2D eigenvalue weighted by atomic mass is 32.2. The fourth-order valence-corrected chi connectivity index (χ4v) is 6.25. The number of thioether (sulfide) groups is 2. The molecule has 0 fully saturated rings. The molecule has 12 heteroatoms. The Morgan fingerprint density at radius 2 is 1.79 bits per heavy atom. The van der Waals surface area contributed by atoms with E-state index in [2.05, 4.69) is 25.8 Å². The summed E-state index contributed by atoms with van der Waals surface area (Å²) >= 11 is 5.59. The number of nitrogens with zero attached hydrogens (tertiary/aromatic N) is 3. The van der Waals surface area contributed by atoms with Gasteiger partial charge in [0.05, 0.1) is 16.0 Å². The molecule has 2 aromatic carbocycles. The summed E-state index contributed by atoms with van der Waals surface area (Å²) in [6.07, 6.45) is 0.417. The van der Waals surface area contributed by atoms with Crippen LogP contribution in [0.15, 0.2) is 51.1 Å². The van der Waals surface area contributed by atoms with E-state index in [0.717, 1.165) is 30.1 Å². The second kappa shape index (κ2) is 11.1. The number of benzene rings is 2. The molecule has 2 N–H and O–H groups in total. The quantitative estimate of drug-likeness (QED) is 0.218. The summed E-state index contributed by atoms with van der Waals surface area (Å²) in [6.45, 7) is 1.80. The Hall–Kier alpha value is -2.54. The minimum Gasteiger partial charge on any atom is -0.326 e. The third-order valence-electron chi connectivity index (χ3n) is 4.23. The van der Waals surface area contributed by atoms with Crippen LogP contribution in [-0.2, 0) is 15.3 Å². The van der Waals surface area contributed by atoms with Crippen molar-refractivity contribution in [2.24, 2.45) is 0 Å². The van der Waals surface area contributed by atoms with Crippen LogP contribution in [0.1, 0.15) is 18.9 Å². The molecule has 0 saturated heterocycles. The maximum absolute atomic E-state index is 13.0. The summed E-state index contributed by atoms with van der Waals surface area (Å²) < 4.78 is 15.4. The summed E-state index contributed by atoms with van der Waals surface area (Å²) in [6, 6.07) is 11.9. The van der Waals surface area contributed by atoms with E-state index < -0.39 is 0 Å². The summed E-state index contributed by atoms with van der Waals surface area (Å²) in [5.74, 6) is 0.329. The van der Waals surface area contributed by atoms with Crippen molar-refractivity contribution in [1.29, 1.82) is 0 Å². The number of carbonyl (C=O) groups is 2. The third kappa shape index (κ3) is 6.73. The average molecular weight is 520 g/mol. The van der Waals surface area contributed by atoms with E-state index in [1.54, 1.807) is 19.1 Å². The maximum Gasteiger partial charge on any atom is 0.236 e. The van der Waals surface area contributed by atoms with E-state index >= 15 is 0 Å². The van der Waals surface area contributed by atoms with Gasteiger partial charge in [0.1, 0.15) is 5.82 Å². The van der Waals surface area contributed by atoms with Crippen LogP contribution < -0.4 is 10.6 Å². The third-order valence-corrected chi connectivity index (χ3v) is 8.43. The number of carbonyl (C=O) groups excluding carboxylic acids is 2. The summed E-state index contributed by atoms with van der Waals surface area (Å²) in [7, 11) is 0. The number of fused-ring (bicyclic) bond motifs is 1. The lowest BCUT2D eigenvalue weighted by molar-refractivity contribution is -0.116. The van der Waals surface area contributed by atoms with Crippen molar-refractivity contribution in [2.45, 2.75) is 27.8 Å². The largest absolute Gasteiger partial charge is 0.326 e. The van der Waals surface area contributed by atoms with E-state index in [0.29, 0.717) is 17.3 Å². The Kier molecular flexibility index (Phi) is 7.91. The molecule has 0 radical (unpaired) electrons. The molecule has 2 aromatic heterocycles. The molecule has 33 heavy (non-hydrogen) atoms. The molecule has 2 heterocycles. The molecule has 0 aliphatic rings. The number of rotatable bonds is 9. The number of halogens is 1. The first-order valence-electron chi connectivity index (χ1n) is 9.82. The second-order valence-corrected chi connectivity index (χ2v) is 11.1. The van der Waals surface area contributed by atoms with Crippen LogP contribution in [0.25, 0.3) is 10.2 Å². The van der Waals surface area contributed by atoms with Crippen LogP contribution >= 0.6 is 46.2 Å². The zero-order chi connectivity index (χ0) is 23.2. The molecule has 0 saturated carbocycles. The minimum absolute atomic E-state index is 0.0428. The lowest BCUT2D eigenvalue weighted by Gasteiger charge is -2.02. The number of amides is 2. The molecule has 0 bridgehead atoms. The maximum atomic E-state index is 13.0. The molecule has 0 aliphatic carbocycles. The first kappa shape index (κ1) is 23.6. The molecule has 0 aliphatic heterocycles. The predicted octanol–water partition coefficient (Wildman–Crippen LogP) is 5.66. The minimum atomic E-state index is -0.265. The second-order valence-electron chi connectivity index (χ2n) is 6.69. The van der Waals surface area contributed by atoms with Gasteiger partial charge in [-0.3, -0.25) is 14.9 Å². The van der Waals surface area contributed by atoms with Gasteiger partial charge in [-0.2, -0.15) is 0 Å². The molecule has 2 amide bonds. The van der Waals surface area contributed by atoms with Gasteiger partial charge in [0.2, 0.25) is 16.9 Å². The fourth-order valence-electron chi connectivity index (χ4n) is 2.62. The highest BCUT2D eigenvalue weighted by Crippen LogP contribution is 2.32. The van der Waals surface area contributed by atoms with E-state index in [1.807, 2.05) is 18.2 Å². The lowest BCUT2D eigenvalue weighted by atomic mass is 10.2. The van der Waals surface area contributed by atoms with E-state index in [-0.39, 0.29) is 23.4 Å². The first-order valence-corrected chi connectivity index (χ1v) is 13.4. The van der Waals surface area contributed by atoms with Crippen molar-refractivity contribution in [3.63, 3.8) is 0 Å². The van der Waals surface area contributed by atoms with Gasteiger partial charge < -0.3 is 5.32 Å². The number of aromatic nitrogens is 3.